The highest BCUT2D eigenvalue weighted by Gasteiger charge is 2.12. The average molecular weight is 241 g/mol. The van der Waals surface area contributed by atoms with E-state index in [4.69, 9.17) is 4.74 Å². The van der Waals surface area contributed by atoms with E-state index in [0.717, 1.165) is 16.8 Å². The quantitative estimate of drug-likeness (QED) is 0.598. The molecule has 0 aliphatic heterocycles. The topological polar surface area (TPSA) is 39.2 Å². The monoisotopic (exact) mass is 241 g/mol. The van der Waals surface area contributed by atoms with Gasteiger partial charge in [0.05, 0.1) is 5.56 Å². The molecule has 0 saturated carbocycles. The first-order valence-corrected chi connectivity index (χ1v) is 5.79. The molecule has 2 aromatic rings. The highest BCUT2D eigenvalue weighted by Crippen LogP contribution is 2.23. The van der Waals surface area contributed by atoms with Gasteiger partial charge in [0.2, 0.25) is 0 Å². The van der Waals surface area contributed by atoms with Gasteiger partial charge in [-0.25, -0.2) is 4.79 Å². The SMILES string of the molecule is Cc1ccc(C(=O)Oc2c(C)cccc2C)cn1. The molecule has 0 radical (unpaired) electrons. The molecule has 0 N–H and O–H groups in total. The minimum atomic E-state index is -0.375. The number of benzene rings is 1. The summed E-state index contributed by atoms with van der Waals surface area (Å²) < 4.78 is 5.42. The van der Waals surface area contributed by atoms with Gasteiger partial charge in [0.1, 0.15) is 5.75 Å². The summed E-state index contributed by atoms with van der Waals surface area (Å²) in [5.74, 6) is 0.253. The Morgan fingerprint density at radius 1 is 1.06 bits per heavy atom. The molecule has 1 aromatic heterocycles. The Hall–Kier alpha value is -2.16. The van der Waals surface area contributed by atoms with Crippen molar-refractivity contribution in [1.82, 2.24) is 4.98 Å². The third-order valence-electron chi connectivity index (χ3n) is 2.75. The number of carbonyl (C=O) groups is 1. The van der Waals surface area contributed by atoms with Gasteiger partial charge in [0, 0.05) is 11.9 Å². The number of aromatic nitrogens is 1. The van der Waals surface area contributed by atoms with Crippen molar-refractivity contribution >= 4 is 5.97 Å². The zero-order chi connectivity index (χ0) is 13.1. The van der Waals surface area contributed by atoms with Gasteiger partial charge in [-0.3, -0.25) is 4.98 Å². The maximum Gasteiger partial charge on any atom is 0.345 e. The third kappa shape index (κ3) is 2.56. The lowest BCUT2D eigenvalue weighted by atomic mass is 10.1. The molecule has 3 heteroatoms. The maximum atomic E-state index is 12.0. The number of nitrogens with zero attached hydrogens (tertiary/aromatic N) is 1. The maximum absolute atomic E-state index is 12.0. The summed E-state index contributed by atoms with van der Waals surface area (Å²) in [4.78, 5) is 16.1. The molecule has 18 heavy (non-hydrogen) atoms. The van der Waals surface area contributed by atoms with E-state index in [1.165, 1.54) is 6.20 Å². The third-order valence-corrected chi connectivity index (χ3v) is 2.75. The molecule has 0 aliphatic carbocycles. The van der Waals surface area contributed by atoms with Crippen molar-refractivity contribution < 1.29 is 9.53 Å². The van der Waals surface area contributed by atoms with Gasteiger partial charge < -0.3 is 4.74 Å². The van der Waals surface area contributed by atoms with Crippen molar-refractivity contribution in [2.24, 2.45) is 0 Å². The Kier molecular flexibility index (Phi) is 3.42. The number of pyridine rings is 1. The summed E-state index contributed by atoms with van der Waals surface area (Å²) in [5, 5.41) is 0. The van der Waals surface area contributed by atoms with Crippen molar-refractivity contribution in [3.05, 3.63) is 58.9 Å². The molecule has 1 aromatic carbocycles. The van der Waals surface area contributed by atoms with Gasteiger partial charge in [0.15, 0.2) is 0 Å². The first-order valence-electron chi connectivity index (χ1n) is 5.79. The average Bonchev–Trinajstić information content (AvgIpc) is 2.34. The molecular formula is C15H15NO2. The Morgan fingerprint density at radius 3 is 2.28 bits per heavy atom. The van der Waals surface area contributed by atoms with Crippen LogP contribution in [0.3, 0.4) is 0 Å². The number of carbonyl (C=O) groups excluding carboxylic acids is 1. The van der Waals surface area contributed by atoms with E-state index in [1.807, 2.05) is 39.0 Å². The van der Waals surface area contributed by atoms with E-state index in [-0.39, 0.29) is 5.97 Å². The van der Waals surface area contributed by atoms with Gasteiger partial charge in [0.25, 0.3) is 0 Å². The second-order valence-corrected chi connectivity index (χ2v) is 4.30. The van der Waals surface area contributed by atoms with Crippen LogP contribution in [0, 0.1) is 20.8 Å². The highest BCUT2D eigenvalue weighted by molar-refractivity contribution is 5.91. The zero-order valence-electron chi connectivity index (χ0n) is 10.7. The van der Waals surface area contributed by atoms with Crippen LogP contribution in [0.5, 0.6) is 5.75 Å². The van der Waals surface area contributed by atoms with Crippen molar-refractivity contribution in [3.8, 4) is 5.75 Å². The van der Waals surface area contributed by atoms with Crippen LogP contribution in [0.4, 0.5) is 0 Å². The van der Waals surface area contributed by atoms with Crippen LogP contribution in [0.1, 0.15) is 27.2 Å². The number of hydrogen-bond acceptors (Lipinski definition) is 3. The van der Waals surface area contributed by atoms with Crippen LogP contribution < -0.4 is 4.74 Å². The minimum absolute atomic E-state index is 0.375. The number of hydrogen-bond donors (Lipinski definition) is 0. The van der Waals surface area contributed by atoms with E-state index < -0.39 is 0 Å². The standard InChI is InChI=1S/C15H15NO2/c1-10-5-4-6-11(2)14(10)18-15(17)13-8-7-12(3)16-9-13/h4-9H,1-3H3. The van der Waals surface area contributed by atoms with Crippen LogP contribution in [0.15, 0.2) is 36.5 Å². The van der Waals surface area contributed by atoms with Crippen molar-refractivity contribution in [1.29, 1.82) is 0 Å². The summed E-state index contributed by atoms with van der Waals surface area (Å²) >= 11 is 0. The normalized spacial score (nSPS) is 10.2. The van der Waals surface area contributed by atoms with Crippen LogP contribution in [0.2, 0.25) is 0 Å². The first-order chi connectivity index (χ1) is 8.58. The van der Waals surface area contributed by atoms with E-state index in [9.17, 15) is 4.79 Å². The Morgan fingerprint density at radius 2 is 1.72 bits per heavy atom. The van der Waals surface area contributed by atoms with Crippen LogP contribution >= 0.6 is 0 Å². The van der Waals surface area contributed by atoms with Crippen LogP contribution in [-0.2, 0) is 0 Å². The summed E-state index contributed by atoms with van der Waals surface area (Å²) in [5.41, 5.74) is 3.23. The number of aryl methyl sites for hydroxylation is 3. The van der Waals surface area contributed by atoms with Gasteiger partial charge in [-0.15, -0.1) is 0 Å². The van der Waals surface area contributed by atoms with Crippen LogP contribution in [-0.4, -0.2) is 11.0 Å². The lowest BCUT2D eigenvalue weighted by Gasteiger charge is -2.10. The highest BCUT2D eigenvalue weighted by atomic mass is 16.5. The van der Waals surface area contributed by atoms with Crippen molar-refractivity contribution in [2.75, 3.05) is 0 Å². The van der Waals surface area contributed by atoms with Gasteiger partial charge in [-0.1, -0.05) is 18.2 Å². The molecule has 3 nitrogen and oxygen atoms in total. The number of para-hydroxylation sites is 1. The van der Waals surface area contributed by atoms with E-state index >= 15 is 0 Å². The molecule has 1 heterocycles. The Balaban J connectivity index is 2.24. The molecule has 92 valence electrons. The zero-order valence-corrected chi connectivity index (χ0v) is 10.7. The Bertz CT molecular complexity index is 553. The van der Waals surface area contributed by atoms with Crippen molar-refractivity contribution in [3.63, 3.8) is 0 Å². The minimum Gasteiger partial charge on any atom is -0.422 e. The van der Waals surface area contributed by atoms with Crippen LogP contribution in [0.25, 0.3) is 0 Å². The fourth-order valence-electron chi connectivity index (χ4n) is 1.70. The number of esters is 1. The summed E-state index contributed by atoms with van der Waals surface area (Å²) in [6, 6.07) is 9.29. The first kappa shape index (κ1) is 12.3. The largest absolute Gasteiger partial charge is 0.422 e. The summed E-state index contributed by atoms with van der Waals surface area (Å²) in [6.07, 6.45) is 1.53. The second-order valence-electron chi connectivity index (χ2n) is 4.30. The fraction of sp³-hybridized carbons (Fsp3) is 0.200. The van der Waals surface area contributed by atoms with Gasteiger partial charge >= 0.3 is 5.97 Å². The van der Waals surface area contributed by atoms with E-state index in [1.54, 1.807) is 12.1 Å². The Labute approximate surface area is 106 Å². The molecule has 0 spiro atoms. The summed E-state index contributed by atoms with van der Waals surface area (Å²) in [6.45, 7) is 5.71. The smallest absolute Gasteiger partial charge is 0.345 e. The van der Waals surface area contributed by atoms with E-state index in [0.29, 0.717) is 11.3 Å². The predicted octanol–water partition coefficient (Wildman–Crippen LogP) is 3.23. The molecule has 0 unspecified atom stereocenters. The van der Waals surface area contributed by atoms with Crippen molar-refractivity contribution in [2.45, 2.75) is 20.8 Å². The lowest BCUT2D eigenvalue weighted by Crippen LogP contribution is -2.10. The van der Waals surface area contributed by atoms with Gasteiger partial charge in [-0.05, 0) is 44.0 Å². The molecule has 0 saturated heterocycles. The molecule has 0 fully saturated rings. The molecular weight excluding hydrogens is 226 g/mol. The molecule has 0 aliphatic rings. The van der Waals surface area contributed by atoms with E-state index in [2.05, 4.69) is 4.98 Å². The molecule has 2 rings (SSSR count). The second kappa shape index (κ2) is 5.00. The molecule has 0 atom stereocenters. The fourth-order valence-corrected chi connectivity index (χ4v) is 1.70. The predicted molar refractivity (Wildman–Crippen MR) is 69.8 cm³/mol. The number of rotatable bonds is 2. The summed E-state index contributed by atoms with van der Waals surface area (Å²) in [7, 11) is 0. The molecule has 0 bridgehead atoms. The molecule has 0 amide bonds. The number of ether oxygens (including phenoxy) is 1. The van der Waals surface area contributed by atoms with Gasteiger partial charge in [-0.2, -0.15) is 0 Å². The lowest BCUT2D eigenvalue weighted by molar-refractivity contribution is 0.0732.